The Hall–Kier alpha value is -1.38. The van der Waals surface area contributed by atoms with Crippen LogP contribution in [-0.2, 0) is 4.74 Å². The van der Waals surface area contributed by atoms with Crippen molar-refractivity contribution in [1.29, 1.82) is 0 Å². The van der Waals surface area contributed by atoms with Crippen molar-refractivity contribution < 1.29 is 20.1 Å². The second kappa shape index (κ2) is 5.51. The molecule has 2 rings (SSSR count). The van der Waals surface area contributed by atoms with Crippen LogP contribution in [0.15, 0.2) is 24.3 Å². The maximum Gasteiger partial charge on any atom is 0.111 e. The van der Waals surface area contributed by atoms with E-state index in [-0.39, 0.29) is 13.0 Å². The van der Waals surface area contributed by atoms with Crippen LogP contribution in [0.4, 0.5) is 0 Å². The zero-order valence-corrected chi connectivity index (χ0v) is 9.86. The summed E-state index contributed by atoms with van der Waals surface area (Å²) in [6.45, 7) is -0.178. The maximum absolute atomic E-state index is 9.93. The molecule has 3 N–H and O–H groups in total. The Morgan fingerprint density at radius 2 is 1.94 bits per heavy atom. The quantitative estimate of drug-likeness (QED) is 0.654. The number of benzene rings is 1. The molecule has 0 amide bonds. The van der Waals surface area contributed by atoms with Gasteiger partial charge in [-0.05, 0) is 17.7 Å². The molecule has 0 aliphatic carbocycles. The largest absolute Gasteiger partial charge is 0.394 e. The van der Waals surface area contributed by atoms with Gasteiger partial charge < -0.3 is 20.1 Å². The van der Waals surface area contributed by atoms with E-state index in [0.717, 1.165) is 11.1 Å². The van der Waals surface area contributed by atoms with Gasteiger partial charge in [-0.2, -0.15) is 0 Å². The molecule has 1 aliphatic heterocycles. The predicted molar refractivity (Wildman–Crippen MR) is 65.7 cm³/mol. The normalized spacial score (nSPS) is 31.9. The number of hydrogen-bond acceptors (Lipinski definition) is 4. The Kier molecular flexibility index (Phi) is 4.00. The zero-order chi connectivity index (χ0) is 13.1. The van der Waals surface area contributed by atoms with Gasteiger partial charge in [0.15, 0.2) is 0 Å². The third kappa shape index (κ3) is 2.55. The van der Waals surface area contributed by atoms with Crippen LogP contribution >= 0.6 is 0 Å². The van der Waals surface area contributed by atoms with E-state index >= 15 is 0 Å². The minimum atomic E-state index is -0.996. The van der Waals surface area contributed by atoms with Gasteiger partial charge in [-0.1, -0.05) is 18.1 Å². The number of rotatable bonds is 2. The topological polar surface area (TPSA) is 69.9 Å². The van der Waals surface area contributed by atoms with Crippen molar-refractivity contribution >= 4 is 0 Å². The molecule has 1 aromatic rings. The highest BCUT2D eigenvalue weighted by Crippen LogP contribution is 2.31. The lowest BCUT2D eigenvalue weighted by atomic mass is 9.93. The van der Waals surface area contributed by atoms with Crippen LogP contribution < -0.4 is 0 Å². The summed E-state index contributed by atoms with van der Waals surface area (Å²) in [5.41, 5.74) is 1.47. The fourth-order valence-corrected chi connectivity index (χ4v) is 2.12. The van der Waals surface area contributed by atoms with Crippen molar-refractivity contribution in [2.24, 2.45) is 0 Å². The molecule has 0 spiro atoms. The van der Waals surface area contributed by atoms with Gasteiger partial charge in [-0.15, -0.1) is 6.42 Å². The average molecular weight is 248 g/mol. The number of aliphatic hydroxyl groups is 3. The Morgan fingerprint density at radius 1 is 1.28 bits per heavy atom. The fraction of sp³-hybridized carbons (Fsp3) is 0.429. The second-order valence-electron chi connectivity index (χ2n) is 4.42. The van der Waals surface area contributed by atoms with Crippen LogP contribution in [-0.4, -0.2) is 40.2 Å². The van der Waals surface area contributed by atoms with E-state index in [4.69, 9.17) is 16.3 Å². The molecule has 0 aromatic heterocycles. The highest BCUT2D eigenvalue weighted by atomic mass is 16.5. The molecule has 1 aromatic carbocycles. The van der Waals surface area contributed by atoms with Crippen molar-refractivity contribution in [2.45, 2.75) is 30.8 Å². The molecular weight excluding hydrogens is 232 g/mol. The van der Waals surface area contributed by atoms with Crippen LogP contribution in [0, 0.1) is 12.3 Å². The smallest absolute Gasteiger partial charge is 0.111 e. The van der Waals surface area contributed by atoms with Crippen molar-refractivity contribution in [3.05, 3.63) is 35.4 Å². The van der Waals surface area contributed by atoms with Crippen LogP contribution in [0.5, 0.6) is 0 Å². The standard InChI is InChI=1S/C14H16O4/c1-2-9-3-5-10(6-4-9)14-13(17)12(16)7-11(8-15)18-14/h1,3-6,11-17H,7-8H2/t11-,12-,13-,14+/m0/s1. The molecule has 4 atom stereocenters. The van der Waals surface area contributed by atoms with Gasteiger partial charge in [0.25, 0.3) is 0 Å². The van der Waals surface area contributed by atoms with Gasteiger partial charge >= 0.3 is 0 Å². The number of ether oxygens (including phenoxy) is 1. The number of aliphatic hydroxyl groups excluding tert-OH is 3. The molecular formula is C14H16O4. The first kappa shape index (κ1) is 13.1. The Bertz CT molecular complexity index is 434. The summed E-state index contributed by atoms with van der Waals surface area (Å²) in [5.74, 6) is 2.50. The molecule has 1 saturated heterocycles. The van der Waals surface area contributed by atoms with E-state index in [1.165, 1.54) is 0 Å². The van der Waals surface area contributed by atoms with Crippen molar-refractivity contribution in [3.8, 4) is 12.3 Å². The van der Waals surface area contributed by atoms with Gasteiger partial charge in [-0.3, -0.25) is 0 Å². The molecule has 1 aliphatic rings. The van der Waals surface area contributed by atoms with E-state index in [9.17, 15) is 10.2 Å². The highest BCUT2D eigenvalue weighted by molar-refractivity contribution is 5.35. The first-order chi connectivity index (χ1) is 8.65. The van der Waals surface area contributed by atoms with E-state index in [1.54, 1.807) is 24.3 Å². The molecule has 0 radical (unpaired) electrons. The number of terminal acetylenes is 1. The molecule has 18 heavy (non-hydrogen) atoms. The van der Waals surface area contributed by atoms with E-state index in [2.05, 4.69) is 5.92 Å². The summed E-state index contributed by atoms with van der Waals surface area (Å²) in [6, 6.07) is 7.02. The molecule has 0 saturated carbocycles. The minimum Gasteiger partial charge on any atom is -0.394 e. The van der Waals surface area contributed by atoms with Crippen LogP contribution in [0.3, 0.4) is 0 Å². The van der Waals surface area contributed by atoms with E-state index in [0.29, 0.717) is 0 Å². The predicted octanol–water partition coefficient (Wildman–Crippen LogP) is 0.212. The van der Waals surface area contributed by atoms with Gasteiger partial charge in [0.05, 0.1) is 18.8 Å². The molecule has 4 heteroatoms. The van der Waals surface area contributed by atoms with Crippen LogP contribution in [0.1, 0.15) is 23.7 Å². The summed E-state index contributed by atoms with van der Waals surface area (Å²) in [6.07, 6.45) is 2.51. The van der Waals surface area contributed by atoms with Gasteiger partial charge in [-0.25, -0.2) is 0 Å². The second-order valence-corrected chi connectivity index (χ2v) is 4.42. The van der Waals surface area contributed by atoms with Gasteiger partial charge in [0.1, 0.15) is 12.2 Å². The molecule has 96 valence electrons. The summed E-state index contributed by atoms with van der Waals surface area (Å²) in [4.78, 5) is 0. The Morgan fingerprint density at radius 3 is 2.50 bits per heavy atom. The lowest BCUT2D eigenvalue weighted by Crippen LogP contribution is -2.44. The molecule has 4 nitrogen and oxygen atoms in total. The minimum absolute atomic E-state index is 0.178. The van der Waals surface area contributed by atoms with Gasteiger partial charge in [0.2, 0.25) is 0 Å². The van der Waals surface area contributed by atoms with E-state index < -0.39 is 24.4 Å². The molecule has 1 heterocycles. The maximum atomic E-state index is 9.93. The number of hydrogen-bond donors (Lipinski definition) is 3. The summed E-state index contributed by atoms with van der Waals surface area (Å²) in [7, 11) is 0. The monoisotopic (exact) mass is 248 g/mol. The molecule has 1 fully saturated rings. The van der Waals surface area contributed by atoms with Gasteiger partial charge in [0, 0.05) is 12.0 Å². The van der Waals surface area contributed by atoms with E-state index in [1.807, 2.05) is 0 Å². The molecule has 0 bridgehead atoms. The van der Waals surface area contributed by atoms with Crippen LogP contribution in [0.2, 0.25) is 0 Å². The third-order valence-electron chi connectivity index (χ3n) is 3.16. The third-order valence-corrected chi connectivity index (χ3v) is 3.16. The average Bonchev–Trinajstić information content (AvgIpc) is 2.42. The van der Waals surface area contributed by atoms with Crippen molar-refractivity contribution in [1.82, 2.24) is 0 Å². The first-order valence-corrected chi connectivity index (χ1v) is 5.84. The van der Waals surface area contributed by atoms with Crippen molar-refractivity contribution in [3.63, 3.8) is 0 Å². The lowest BCUT2D eigenvalue weighted by Gasteiger charge is -2.36. The first-order valence-electron chi connectivity index (χ1n) is 5.84. The summed E-state index contributed by atoms with van der Waals surface area (Å²) < 4.78 is 5.57. The van der Waals surface area contributed by atoms with Crippen molar-refractivity contribution in [2.75, 3.05) is 6.61 Å². The summed E-state index contributed by atoms with van der Waals surface area (Å²) >= 11 is 0. The molecule has 0 unspecified atom stereocenters. The zero-order valence-electron chi connectivity index (χ0n) is 9.86. The fourth-order valence-electron chi connectivity index (χ4n) is 2.12. The highest BCUT2D eigenvalue weighted by Gasteiger charge is 2.37. The SMILES string of the molecule is C#Cc1ccc([C@H]2O[C@H](CO)C[C@H](O)[C@@H]2O)cc1. The Labute approximate surface area is 106 Å². The lowest BCUT2D eigenvalue weighted by molar-refractivity contribution is -0.179. The van der Waals surface area contributed by atoms with Crippen LogP contribution in [0.25, 0.3) is 0 Å². The Balaban J connectivity index is 2.21. The summed E-state index contributed by atoms with van der Waals surface area (Å²) in [5, 5.41) is 28.8.